The number of amides is 1. The summed E-state index contributed by atoms with van der Waals surface area (Å²) in [6.45, 7) is 3.90. The van der Waals surface area contributed by atoms with Gasteiger partial charge in [-0.3, -0.25) is 9.69 Å². The van der Waals surface area contributed by atoms with Crippen molar-refractivity contribution in [3.05, 3.63) is 107 Å². The summed E-state index contributed by atoms with van der Waals surface area (Å²) >= 11 is 0. The van der Waals surface area contributed by atoms with Gasteiger partial charge < -0.3 is 15.2 Å². The summed E-state index contributed by atoms with van der Waals surface area (Å²) in [5.74, 6) is -2.07. The highest BCUT2D eigenvalue weighted by Crippen LogP contribution is 2.42. The molecule has 0 bridgehead atoms. The van der Waals surface area contributed by atoms with Crippen molar-refractivity contribution in [3.8, 4) is 0 Å². The molecule has 6 heteroatoms. The van der Waals surface area contributed by atoms with Gasteiger partial charge in [-0.2, -0.15) is 0 Å². The van der Waals surface area contributed by atoms with Crippen LogP contribution in [0.5, 0.6) is 0 Å². The number of rotatable bonds is 6. The normalized spacial score (nSPS) is 15.9. The molecular weight excluding hydrogens is 407 g/mol. The molecule has 0 radical (unpaired) electrons. The number of carbonyl (C=O) groups is 2. The Balaban J connectivity index is 1.86. The lowest BCUT2D eigenvalue weighted by molar-refractivity contribution is -0.304. The highest BCUT2D eigenvalue weighted by atomic mass is 19.1. The lowest BCUT2D eigenvalue weighted by Gasteiger charge is -2.28. The fraction of sp³-hybridized carbons (Fsp3) is 0.154. The first-order valence-corrected chi connectivity index (χ1v) is 10.3. The van der Waals surface area contributed by atoms with Crippen LogP contribution in [0, 0.1) is 19.7 Å². The van der Waals surface area contributed by atoms with Gasteiger partial charge in [0, 0.05) is 23.8 Å². The highest BCUT2D eigenvalue weighted by molar-refractivity contribution is 6.12. The van der Waals surface area contributed by atoms with E-state index >= 15 is 0 Å². The zero-order valence-electron chi connectivity index (χ0n) is 17.8. The predicted molar refractivity (Wildman–Crippen MR) is 119 cm³/mol. The van der Waals surface area contributed by atoms with Crippen LogP contribution in [-0.4, -0.2) is 11.9 Å². The molecule has 0 saturated heterocycles. The van der Waals surface area contributed by atoms with Crippen molar-refractivity contribution in [3.63, 3.8) is 0 Å². The van der Waals surface area contributed by atoms with Gasteiger partial charge in [-0.15, -0.1) is 0 Å². The molecule has 3 aromatic carbocycles. The van der Waals surface area contributed by atoms with E-state index in [1.165, 1.54) is 12.1 Å². The average molecular weight is 429 g/mol. The molecule has 1 aliphatic rings. The SMILES string of the molecule is Cc1ccc(NC2=C(CC(=O)[O-])[C@H](c3ccc(F)cc3)N(c3ccc(C)cc3)C2=O)cc1. The van der Waals surface area contributed by atoms with E-state index in [2.05, 4.69) is 5.32 Å². The first-order chi connectivity index (χ1) is 15.3. The molecule has 162 valence electrons. The van der Waals surface area contributed by atoms with Crippen LogP contribution in [0.4, 0.5) is 15.8 Å². The van der Waals surface area contributed by atoms with E-state index in [0.717, 1.165) is 11.1 Å². The van der Waals surface area contributed by atoms with E-state index in [1.54, 1.807) is 17.0 Å². The monoisotopic (exact) mass is 429 g/mol. The summed E-state index contributed by atoms with van der Waals surface area (Å²) in [5, 5.41) is 14.8. The third-order valence-corrected chi connectivity index (χ3v) is 5.50. The molecule has 0 spiro atoms. The smallest absolute Gasteiger partial charge is 0.275 e. The van der Waals surface area contributed by atoms with Crippen molar-refractivity contribution in [2.24, 2.45) is 0 Å². The van der Waals surface area contributed by atoms with Crippen LogP contribution in [0.3, 0.4) is 0 Å². The number of carbonyl (C=O) groups excluding carboxylic acids is 2. The molecule has 32 heavy (non-hydrogen) atoms. The largest absolute Gasteiger partial charge is 0.550 e. The maximum atomic E-state index is 13.6. The lowest BCUT2D eigenvalue weighted by Crippen LogP contribution is -2.31. The molecule has 1 atom stereocenters. The minimum absolute atomic E-state index is 0.188. The number of aliphatic carboxylic acids is 1. The molecular formula is C26H22FN2O3-. The van der Waals surface area contributed by atoms with Gasteiger partial charge in [0.2, 0.25) is 0 Å². The van der Waals surface area contributed by atoms with Gasteiger partial charge in [0.05, 0.1) is 6.04 Å². The van der Waals surface area contributed by atoms with Gasteiger partial charge >= 0.3 is 0 Å². The Kier molecular flexibility index (Phi) is 5.77. The second-order valence-corrected chi connectivity index (χ2v) is 7.90. The molecule has 0 fully saturated rings. The first-order valence-electron chi connectivity index (χ1n) is 10.3. The number of carboxylic acids is 1. The molecule has 0 aromatic heterocycles. The molecule has 1 amide bonds. The zero-order valence-corrected chi connectivity index (χ0v) is 17.8. The van der Waals surface area contributed by atoms with Crippen molar-refractivity contribution >= 4 is 23.3 Å². The summed E-state index contributed by atoms with van der Waals surface area (Å²) in [6, 6.07) is 19.9. The van der Waals surface area contributed by atoms with Crippen LogP contribution in [-0.2, 0) is 9.59 Å². The minimum Gasteiger partial charge on any atom is -0.550 e. The Labute approximate surface area is 185 Å². The minimum atomic E-state index is -1.30. The van der Waals surface area contributed by atoms with E-state index in [-0.39, 0.29) is 11.6 Å². The Hall–Kier alpha value is -3.93. The number of hydrogen-bond donors (Lipinski definition) is 1. The van der Waals surface area contributed by atoms with Crippen LogP contribution in [0.25, 0.3) is 0 Å². The number of halogens is 1. The van der Waals surface area contributed by atoms with E-state index in [1.807, 2.05) is 62.4 Å². The number of hydrogen-bond acceptors (Lipinski definition) is 4. The number of carboxylic acid groups (broad SMARTS) is 1. The fourth-order valence-corrected chi connectivity index (χ4v) is 3.89. The van der Waals surface area contributed by atoms with E-state index < -0.39 is 24.2 Å². The second kappa shape index (κ2) is 8.67. The number of nitrogens with zero attached hydrogens (tertiary/aromatic N) is 1. The molecule has 1 N–H and O–H groups in total. The van der Waals surface area contributed by atoms with Crippen LogP contribution < -0.4 is 15.3 Å². The van der Waals surface area contributed by atoms with E-state index in [9.17, 15) is 19.1 Å². The van der Waals surface area contributed by atoms with Crippen LogP contribution in [0.2, 0.25) is 0 Å². The van der Waals surface area contributed by atoms with Crippen molar-refractivity contribution in [2.45, 2.75) is 26.3 Å². The molecule has 1 aliphatic heterocycles. The van der Waals surface area contributed by atoms with Gasteiger partial charge in [0.25, 0.3) is 5.91 Å². The Morgan fingerprint density at radius 3 is 2.06 bits per heavy atom. The van der Waals surface area contributed by atoms with Crippen molar-refractivity contribution in [1.82, 2.24) is 0 Å². The summed E-state index contributed by atoms with van der Waals surface area (Å²) in [6.07, 6.45) is -0.440. The lowest BCUT2D eigenvalue weighted by atomic mass is 9.96. The topological polar surface area (TPSA) is 72.5 Å². The Morgan fingerprint density at radius 2 is 1.50 bits per heavy atom. The predicted octanol–water partition coefficient (Wildman–Crippen LogP) is 4.04. The quantitative estimate of drug-likeness (QED) is 0.642. The summed E-state index contributed by atoms with van der Waals surface area (Å²) in [7, 11) is 0. The first kappa shape index (κ1) is 21.3. The maximum Gasteiger partial charge on any atom is 0.275 e. The van der Waals surface area contributed by atoms with Crippen molar-refractivity contribution in [2.75, 3.05) is 10.2 Å². The number of aryl methyl sites for hydroxylation is 2. The summed E-state index contributed by atoms with van der Waals surface area (Å²) in [5.41, 5.74) is 4.53. The maximum absolute atomic E-state index is 13.6. The second-order valence-electron chi connectivity index (χ2n) is 7.90. The van der Waals surface area contributed by atoms with Crippen LogP contribution in [0.1, 0.15) is 29.2 Å². The van der Waals surface area contributed by atoms with Crippen molar-refractivity contribution < 1.29 is 19.1 Å². The standard InChI is InChI=1S/C26H23FN2O3/c1-16-3-11-20(12-4-16)28-24-22(15-23(30)31)25(18-7-9-19(27)10-8-18)29(26(24)32)21-13-5-17(2)6-14-21/h3-14,25,28H,15H2,1-2H3,(H,30,31)/p-1/t25-/m0/s1. The molecule has 4 rings (SSSR count). The van der Waals surface area contributed by atoms with Gasteiger partial charge in [0.1, 0.15) is 11.5 Å². The molecule has 0 unspecified atom stereocenters. The fourth-order valence-electron chi connectivity index (χ4n) is 3.89. The summed E-state index contributed by atoms with van der Waals surface area (Å²) in [4.78, 5) is 26.8. The third kappa shape index (κ3) is 4.25. The van der Waals surface area contributed by atoms with E-state index in [4.69, 9.17) is 0 Å². The number of nitrogens with one attached hydrogen (secondary N) is 1. The highest BCUT2D eigenvalue weighted by Gasteiger charge is 2.41. The Morgan fingerprint density at radius 1 is 0.938 bits per heavy atom. The molecule has 0 aliphatic carbocycles. The number of benzene rings is 3. The third-order valence-electron chi connectivity index (χ3n) is 5.50. The van der Waals surface area contributed by atoms with Crippen molar-refractivity contribution in [1.29, 1.82) is 0 Å². The van der Waals surface area contributed by atoms with E-state index in [0.29, 0.717) is 22.5 Å². The van der Waals surface area contributed by atoms with Gasteiger partial charge in [-0.05, 0) is 61.4 Å². The van der Waals surface area contributed by atoms with Crippen LogP contribution >= 0.6 is 0 Å². The molecule has 3 aromatic rings. The zero-order chi connectivity index (χ0) is 22.8. The van der Waals surface area contributed by atoms with Crippen LogP contribution in [0.15, 0.2) is 84.1 Å². The van der Waals surface area contributed by atoms with Gasteiger partial charge in [0.15, 0.2) is 0 Å². The molecule has 1 heterocycles. The number of anilines is 2. The van der Waals surface area contributed by atoms with Gasteiger partial charge in [-0.25, -0.2) is 4.39 Å². The summed E-state index contributed by atoms with van der Waals surface area (Å²) < 4.78 is 13.6. The average Bonchev–Trinajstić information content (AvgIpc) is 3.02. The van der Waals surface area contributed by atoms with Gasteiger partial charge in [-0.1, -0.05) is 47.5 Å². The molecule has 5 nitrogen and oxygen atoms in total. The molecule has 0 saturated carbocycles. The Bertz CT molecular complexity index is 1180.